The Morgan fingerprint density at radius 1 is 0.794 bits per heavy atom. The van der Waals surface area contributed by atoms with Gasteiger partial charge >= 0.3 is 5.69 Å². The van der Waals surface area contributed by atoms with Gasteiger partial charge in [-0.3, -0.25) is 28.9 Å². The summed E-state index contributed by atoms with van der Waals surface area (Å²) < 4.78 is 28.6. The number of aromatic nitrogens is 5. The van der Waals surface area contributed by atoms with Gasteiger partial charge in [0.05, 0.1) is 63.4 Å². The lowest BCUT2D eigenvalue weighted by Crippen LogP contribution is -2.48. The summed E-state index contributed by atoms with van der Waals surface area (Å²) in [5.74, 6) is 1.30. The number of piperidine rings is 1. The lowest BCUT2D eigenvalue weighted by molar-refractivity contribution is -0.135. The van der Waals surface area contributed by atoms with E-state index in [1.54, 1.807) is 11.6 Å². The Labute approximate surface area is 401 Å². The number of hydrogen-bond donors (Lipinski definition) is 3. The maximum absolute atomic E-state index is 13.0. The Morgan fingerprint density at radius 3 is 2.19 bits per heavy atom. The van der Waals surface area contributed by atoms with Gasteiger partial charge in [-0.1, -0.05) is 19.4 Å². The van der Waals surface area contributed by atoms with Crippen LogP contribution in [0.2, 0.25) is 0 Å². The molecule has 2 aliphatic heterocycles. The molecule has 0 spiro atoms. The van der Waals surface area contributed by atoms with Gasteiger partial charge in [-0.25, -0.2) is 9.78 Å². The largest absolute Gasteiger partial charge is 0.393 e. The summed E-state index contributed by atoms with van der Waals surface area (Å²) in [7, 11) is 1.71. The molecule has 4 aliphatic rings. The van der Waals surface area contributed by atoms with Crippen LogP contribution in [0.25, 0.3) is 22.1 Å². The smallest absolute Gasteiger partial charge is 0.329 e. The van der Waals surface area contributed by atoms with Crippen molar-refractivity contribution in [1.82, 2.24) is 38.8 Å². The van der Waals surface area contributed by atoms with E-state index in [4.69, 9.17) is 28.9 Å². The molecule has 4 fully saturated rings. The monoisotopic (exact) mass is 944 g/mol. The lowest BCUT2D eigenvalue weighted by atomic mass is 9.78. The van der Waals surface area contributed by atoms with Crippen molar-refractivity contribution in [2.75, 3.05) is 104 Å². The molecule has 0 radical (unpaired) electrons. The molecule has 2 saturated heterocycles. The maximum Gasteiger partial charge on any atom is 0.329 e. The van der Waals surface area contributed by atoms with Crippen LogP contribution in [0.3, 0.4) is 0 Å². The average Bonchev–Trinajstić information content (AvgIpc) is 3.84. The van der Waals surface area contributed by atoms with Crippen molar-refractivity contribution in [2.45, 2.75) is 121 Å². The molecule has 2 aliphatic carbocycles. The third kappa shape index (κ3) is 13.1. The predicted molar refractivity (Wildman–Crippen MR) is 262 cm³/mol. The van der Waals surface area contributed by atoms with E-state index in [1.165, 1.54) is 47.7 Å². The SMILES string of the molecule is CCCCNc1ncc2c(n1)n([C@H]1CC[C@H](O)CC1)cc2[C@H]1CC[C@H](CN2CCN(CCOCCOCCOCCOCCCc3ccc4c(c3)n(C)c(=O)n4[C@H]3CCC(=O)NC3=O)CC2)CC1. The summed E-state index contributed by atoms with van der Waals surface area (Å²) in [6.45, 7) is 14.2. The molecule has 3 aromatic heterocycles. The summed E-state index contributed by atoms with van der Waals surface area (Å²) >= 11 is 0. The molecular formula is C51H77N9O8. The fourth-order valence-corrected chi connectivity index (χ4v) is 10.8. The van der Waals surface area contributed by atoms with Crippen LogP contribution >= 0.6 is 0 Å². The van der Waals surface area contributed by atoms with E-state index < -0.39 is 11.9 Å². The van der Waals surface area contributed by atoms with Crippen LogP contribution in [0.4, 0.5) is 5.95 Å². The molecule has 4 aromatic rings. The minimum absolute atomic E-state index is 0.170. The van der Waals surface area contributed by atoms with Crippen LogP contribution < -0.4 is 16.3 Å². The van der Waals surface area contributed by atoms with Crippen molar-refractivity contribution >= 4 is 39.8 Å². The van der Waals surface area contributed by atoms with Gasteiger partial charge in [-0.05, 0) is 112 Å². The van der Waals surface area contributed by atoms with Crippen LogP contribution in [-0.2, 0) is 42.0 Å². The highest BCUT2D eigenvalue weighted by Crippen LogP contribution is 2.42. The Kier molecular flexibility index (Phi) is 18.5. The van der Waals surface area contributed by atoms with Crippen molar-refractivity contribution in [2.24, 2.45) is 13.0 Å². The molecule has 17 nitrogen and oxygen atoms in total. The number of aliphatic hydroxyl groups excluding tert-OH is 1. The van der Waals surface area contributed by atoms with E-state index in [-0.39, 0.29) is 24.1 Å². The number of imidazole rings is 1. The number of fused-ring (bicyclic) bond motifs is 2. The summed E-state index contributed by atoms with van der Waals surface area (Å²) in [6, 6.07) is 5.57. The molecule has 1 atom stereocenters. The van der Waals surface area contributed by atoms with Gasteiger partial charge in [0.1, 0.15) is 11.7 Å². The van der Waals surface area contributed by atoms with Crippen molar-refractivity contribution in [3.8, 4) is 0 Å². The van der Waals surface area contributed by atoms with E-state index in [9.17, 15) is 19.5 Å². The zero-order chi connectivity index (χ0) is 47.2. The van der Waals surface area contributed by atoms with Gasteiger partial charge in [0.25, 0.3) is 0 Å². The van der Waals surface area contributed by atoms with E-state index >= 15 is 0 Å². The molecule has 2 amide bonds. The number of benzene rings is 1. The summed E-state index contributed by atoms with van der Waals surface area (Å²) in [4.78, 5) is 52.1. The fraction of sp³-hybridized carbons (Fsp3) is 0.706. The van der Waals surface area contributed by atoms with Gasteiger partial charge in [0, 0.05) is 89.7 Å². The number of carbonyl (C=O) groups excluding carboxylic acids is 2. The van der Waals surface area contributed by atoms with E-state index in [0.717, 1.165) is 119 Å². The first-order valence-corrected chi connectivity index (χ1v) is 25.8. The number of carbonyl (C=O) groups is 2. The average molecular weight is 944 g/mol. The fourth-order valence-electron chi connectivity index (χ4n) is 10.8. The number of aryl methyl sites for hydroxylation is 2. The Balaban J connectivity index is 0.631. The second-order valence-electron chi connectivity index (χ2n) is 19.6. The Hall–Kier alpha value is -4.23. The third-order valence-corrected chi connectivity index (χ3v) is 14.8. The topological polar surface area (TPSA) is 179 Å². The summed E-state index contributed by atoms with van der Waals surface area (Å²) in [5, 5.41) is 17.2. The lowest BCUT2D eigenvalue weighted by Gasteiger charge is -2.38. The van der Waals surface area contributed by atoms with Gasteiger partial charge in [0.2, 0.25) is 17.8 Å². The Morgan fingerprint density at radius 2 is 1.49 bits per heavy atom. The van der Waals surface area contributed by atoms with E-state index in [2.05, 4.69) is 44.3 Å². The zero-order valence-electron chi connectivity index (χ0n) is 40.7. The highest BCUT2D eigenvalue weighted by molar-refractivity contribution is 6.00. The molecule has 8 rings (SSSR count). The maximum atomic E-state index is 13.0. The van der Waals surface area contributed by atoms with Crippen LogP contribution in [0.5, 0.6) is 0 Å². The second-order valence-corrected chi connectivity index (χ2v) is 19.6. The quantitative estimate of drug-likeness (QED) is 0.0574. The number of hydrogen-bond acceptors (Lipinski definition) is 13. The molecule has 68 heavy (non-hydrogen) atoms. The standard InChI is InChI=1S/C51H77N9O8/c1-3-4-19-52-50-53-34-42-43(36-59(48(42)55-50)40-12-14-41(61)15-13-40)39-10-7-38(8-11-39)35-58-22-20-57(21-23-58)24-26-66-28-30-68-32-31-67-29-27-65-25-5-6-37-9-16-44-46(33-37)56(2)51(64)60(44)45-17-18-47(62)54-49(45)63/h9,16,33-34,36,38-41,45,61H,3-8,10-15,17-32,35H2,1-2H3,(H,52,53,55)(H,54,62,63)/t38-,39-,40-,41-,45-/m0/s1. The van der Waals surface area contributed by atoms with Gasteiger partial charge in [-0.15, -0.1) is 0 Å². The highest BCUT2D eigenvalue weighted by Gasteiger charge is 2.32. The first kappa shape index (κ1) is 50.2. The minimum atomic E-state index is -0.684. The highest BCUT2D eigenvalue weighted by atomic mass is 16.6. The number of nitrogens with zero attached hydrogens (tertiary/aromatic N) is 7. The molecule has 2 saturated carbocycles. The van der Waals surface area contributed by atoms with Crippen molar-refractivity contribution in [1.29, 1.82) is 0 Å². The van der Waals surface area contributed by atoms with Gasteiger partial charge in [0.15, 0.2) is 0 Å². The van der Waals surface area contributed by atoms with Crippen molar-refractivity contribution in [3.05, 3.63) is 52.2 Å². The number of nitrogens with one attached hydrogen (secondary N) is 2. The van der Waals surface area contributed by atoms with Crippen molar-refractivity contribution < 1.29 is 33.6 Å². The molecule has 374 valence electrons. The van der Waals surface area contributed by atoms with Gasteiger partial charge in [-0.2, -0.15) is 4.98 Å². The normalized spacial score (nSPS) is 23.2. The van der Waals surface area contributed by atoms with E-state index in [1.807, 2.05) is 18.2 Å². The van der Waals surface area contributed by atoms with Crippen LogP contribution in [-0.4, -0.2) is 155 Å². The summed E-state index contributed by atoms with van der Waals surface area (Å²) in [6.07, 6.45) is 17.4. The number of aliphatic hydroxyl groups is 1. The molecule has 1 aromatic carbocycles. The molecule has 0 bridgehead atoms. The van der Waals surface area contributed by atoms with Crippen molar-refractivity contribution in [3.63, 3.8) is 0 Å². The second kappa shape index (κ2) is 25.1. The number of rotatable bonds is 25. The predicted octanol–water partition coefficient (Wildman–Crippen LogP) is 5.34. The number of piperazine rings is 1. The zero-order valence-corrected chi connectivity index (χ0v) is 40.7. The van der Waals surface area contributed by atoms with Gasteiger partial charge < -0.3 is 38.8 Å². The number of unbranched alkanes of at least 4 members (excludes halogenated alkanes) is 1. The minimum Gasteiger partial charge on any atom is -0.393 e. The van der Waals surface area contributed by atoms with Crippen LogP contribution in [0.1, 0.15) is 120 Å². The summed E-state index contributed by atoms with van der Waals surface area (Å²) in [5.41, 5.74) is 4.77. The van der Waals surface area contributed by atoms with Crippen LogP contribution in [0.15, 0.2) is 35.4 Å². The molecule has 0 unspecified atom stereocenters. The Bertz CT molecular complexity index is 2290. The number of amides is 2. The van der Waals surface area contributed by atoms with E-state index in [0.29, 0.717) is 76.8 Å². The number of anilines is 1. The molecular weight excluding hydrogens is 867 g/mol. The number of ether oxygens (including phenoxy) is 4. The third-order valence-electron chi connectivity index (χ3n) is 14.8. The number of imide groups is 1. The van der Waals surface area contributed by atoms with Crippen LogP contribution in [0, 0.1) is 5.92 Å². The first-order chi connectivity index (χ1) is 33.2. The molecule has 5 heterocycles. The molecule has 3 N–H and O–H groups in total. The molecule has 17 heteroatoms. The first-order valence-electron chi connectivity index (χ1n) is 25.8.